The molecule has 0 saturated carbocycles. The second kappa shape index (κ2) is 25.0. The van der Waals surface area contributed by atoms with Crippen LogP contribution in [0.25, 0.3) is 6.08 Å². The van der Waals surface area contributed by atoms with E-state index in [1.54, 1.807) is 24.6 Å². The summed E-state index contributed by atoms with van der Waals surface area (Å²) in [4.78, 5) is 10.1. The van der Waals surface area contributed by atoms with Gasteiger partial charge in [0, 0.05) is 69.7 Å². The molecule has 0 bridgehead atoms. The van der Waals surface area contributed by atoms with Crippen molar-refractivity contribution in [2.45, 2.75) is 34.6 Å². The van der Waals surface area contributed by atoms with Gasteiger partial charge < -0.3 is 26.0 Å². The summed E-state index contributed by atoms with van der Waals surface area (Å²) in [6.45, 7) is 17.9. The molecule has 1 saturated heterocycles. The Morgan fingerprint density at radius 3 is 2.46 bits per heavy atom. The third-order valence-corrected chi connectivity index (χ3v) is 5.59. The van der Waals surface area contributed by atoms with Crippen LogP contribution >= 0.6 is 0 Å². The molecule has 0 aromatic heterocycles. The molecular formula is C34H50N6O. The zero-order chi connectivity index (χ0) is 30.7. The van der Waals surface area contributed by atoms with Crippen molar-refractivity contribution in [1.82, 2.24) is 15.5 Å². The van der Waals surface area contributed by atoms with Gasteiger partial charge in [0.05, 0.1) is 12.3 Å². The van der Waals surface area contributed by atoms with Crippen molar-refractivity contribution in [3.63, 3.8) is 0 Å². The standard InChI is InChI=1S/C15H23N3.C10H10N2.C7H11NO.C2H6/c1-12(2)13-4-6-14(16-3)15(7-5-13)18-10-8-17-9-11-18;11-7-9-12-8-6-10-4-2-1-3-5-10;1-3-5-8-7(2)4-6-9;1-2/h4,6,12-13,16-17H,8-11H2,1-3H3;1-9,11H;3-5,9H,1,6H2,2H3;1-2H3/b;8-6+,11-7?,12-9?;7-4+,8-5?;. The summed E-state index contributed by atoms with van der Waals surface area (Å²) in [6.07, 6.45) is 15.3. The molecule has 41 heavy (non-hydrogen) atoms. The Morgan fingerprint density at radius 2 is 1.90 bits per heavy atom. The predicted molar refractivity (Wildman–Crippen MR) is 179 cm³/mol. The van der Waals surface area contributed by atoms with E-state index in [4.69, 9.17) is 10.5 Å². The van der Waals surface area contributed by atoms with E-state index in [2.05, 4.69) is 69.9 Å². The van der Waals surface area contributed by atoms with Crippen LogP contribution in [-0.2, 0) is 0 Å². The lowest BCUT2D eigenvalue weighted by atomic mass is 9.96. The Kier molecular flexibility index (Phi) is 22.6. The number of piperazine rings is 1. The maximum atomic E-state index is 8.36. The average molecular weight is 559 g/mol. The number of rotatable bonds is 9. The first-order valence-electron chi connectivity index (χ1n) is 14.2. The number of aliphatic imine (C=N–C) groups is 2. The quantitative estimate of drug-likeness (QED) is 0.231. The summed E-state index contributed by atoms with van der Waals surface area (Å²) in [7, 11) is 1.97. The topological polar surface area (TPSA) is 96.1 Å². The van der Waals surface area contributed by atoms with Crippen LogP contribution in [0.15, 0.2) is 94.5 Å². The summed E-state index contributed by atoms with van der Waals surface area (Å²) in [6, 6.07) is 9.91. The van der Waals surface area contributed by atoms with Crippen molar-refractivity contribution >= 4 is 24.7 Å². The summed E-state index contributed by atoms with van der Waals surface area (Å²) >= 11 is 0. The van der Waals surface area contributed by atoms with Gasteiger partial charge in [-0.2, -0.15) is 0 Å². The molecule has 7 heteroatoms. The van der Waals surface area contributed by atoms with Gasteiger partial charge in [-0.3, -0.25) is 9.98 Å². The van der Waals surface area contributed by atoms with Gasteiger partial charge in [0.25, 0.3) is 0 Å². The number of aliphatic hydroxyl groups excluding tert-OH is 1. The number of benzene rings is 1. The molecule has 0 amide bonds. The van der Waals surface area contributed by atoms with Crippen molar-refractivity contribution < 1.29 is 5.11 Å². The molecule has 1 atom stereocenters. The summed E-state index contributed by atoms with van der Waals surface area (Å²) in [5.41, 5.74) is 4.21. The molecule has 7 nitrogen and oxygen atoms in total. The van der Waals surface area contributed by atoms with Gasteiger partial charge >= 0.3 is 0 Å². The highest BCUT2D eigenvalue weighted by molar-refractivity contribution is 6.14. The molecule has 1 aliphatic heterocycles. The van der Waals surface area contributed by atoms with Crippen LogP contribution in [0.4, 0.5) is 0 Å². The third kappa shape index (κ3) is 17.3. The van der Waals surface area contributed by atoms with E-state index in [-0.39, 0.29) is 6.61 Å². The van der Waals surface area contributed by atoms with Gasteiger partial charge in [0.1, 0.15) is 5.70 Å². The highest BCUT2D eigenvalue weighted by atomic mass is 16.2. The van der Waals surface area contributed by atoms with Crippen molar-refractivity contribution in [3.05, 3.63) is 90.1 Å². The summed E-state index contributed by atoms with van der Waals surface area (Å²) in [5, 5.41) is 21.7. The molecule has 1 heterocycles. The van der Waals surface area contributed by atoms with Crippen LogP contribution < -0.4 is 10.6 Å². The Hall–Kier alpha value is -3.99. The summed E-state index contributed by atoms with van der Waals surface area (Å²) in [5.74, 6) is 7.70. The maximum absolute atomic E-state index is 8.36. The SMILES string of the molecule is C=CC=N/C(C)=C/CO.CC.CNC1=C(N2CCNCC2)C#CC(C(C)C)C=C1.N=CC=N/C=C/c1ccccc1. The van der Waals surface area contributed by atoms with Crippen molar-refractivity contribution in [2.24, 2.45) is 21.8 Å². The van der Waals surface area contributed by atoms with Crippen LogP contribution in [0.3, 0.4) is 0 Å². The lowest BCUT2D eigenvalue weighted by molar-refractivity contribution is 0.307. The fourth-order valence-corrected chi connectivity index (χ4v) is 3.42. The van der Waals surface area contributed by atoms with Gasteiger partial charge in [-0.15, -0.1) is 0 Å². The molecule has 222 valence electrons. The van der Waals surface area contributed by atoms with Crippen molar-refractivity contribution in [1.29, 1.82) is 5.41 Å². The van der Waals surface area contributed by atoms with E-state index < -0.39 is 0 Å². The first kappa shape index (κ1) is 37.0. The maximum Gasteiger partial charge on any atom is 0.111 e. The number of likely N-dealkylation sites (N-methyl/N-ethyl adjacent to an activating group) is 1. The summed E-state index contributed by atoms with van der Waals surface area (Å²) < 4.78 is 0. The molecule has 1 unspecified atom stereocenters. The van der Waals surface area contributed by atoms with Crippen LogP contribution in [0.5, 0.6) is 0 Å². The largest absolute Gasteiger partial charge is 0.392 e. The first-order valence-corrected chi connectivity index (χ1v) is 14.2. The lowest BCUT2D eigenvalue weighted by Crippen LogP contribution is -2.43. The van der Waals surface area contributed by atoms with E-state index in [1.165, 1.54) is 6.21 Å². The van der Waals surface area contributed by atoms with E-state index in [0.29, 0.717) is 11.8 Å². The Balaban J connectivity index is 0.000000606. The highest BCUT2D eigenvalue weighted by Crippen LogP contribution is 2.18. The van der Waals surface area contributed by atoms with Crippen LogP contribution in [0.2, 0.25) is 0 Å². The van der Waals surface area contributed by atoms with Gasteiger partial charge in [-0.25, -0.2) is 0 Å². The molecule has 1 aromatic carbocycles. The smallest absolute Gasteiger partial charge is 0.111 e. The second-order valence-corrected chi connectivity index (χ2v) is 8.88. The minimum atomic E-state index is 0.0420. The monoisotopic (exact) mass is 558 g/mol. The molecule has 1 aliphatic carbocycles. The zero-order valence-corrected chi connectivity index (χ0v) is 25.8. The van der Waals surface area contributed by atoms with E-state index in [9.17, 15) is 0 Å². The first-order chi connectivity index (χ1) is 20.0. The fourth-order valence-electron chi connectivity index (χ4n) is 3.42. The van der Waals surface area contributed by atoms with E-state index in [0.717, 1.165) is 55.0 Å². The fraction of sp³-hybridized carbons (Fsp3) is 0.382. The normalized spacial score (nSPS) is 16.5. The van der Waals surface area contributed by atoms with Crippen molar-refractivity contribution in [3.8, 4) is 11.8 Å². The van der Waals surface area contributed by atoms with Crippen molar-refractivity contribution in [2.75, 3.05) is 39.8 Å². The molecular weight excluding hydrogens is 508 g/mol. The van der Waals surface area contributed by atoms with Crippen LogP contribution in [0, 0.1) is 29.1 Å². The second-order valence-electron chi connectivity index (χ2n) is 8.88. The Bertz CT molecular complexity index is 1100. The van der Waals surface area contributed by atoms with Gasteiger partial charge in [0.2, 0.25) is 0 Å². The Labute approximate surface area is 248 Å². The average Bonchev–Trinajstić information content (AvgIpc) is 3.24. The predicted octanol–water partition coefficient (Wildman–Crippen LogP) is 5.71. The highest BCUT2D eigenvalue weighted by Gasteiger charge is 2.17. The number of aliphatic hydroxyl groups is 1. The van der Waals surface area contributed by atoms with E-state index >= 15 is 0 Å². The number of nitrogens with zero attached hydrogens (tertiary/aromatic N) is 3. The molecule has 3 rings (SSSR count). The molecule has 4 N–H and O–H groups in total. The molecule has 1 fully saturated rings. The number of hydrogen-bond acceptors (Lipinski definition) is 7. The minimum Gasteiger partial charge on any atom is -0.392 e. The van der Waals surface area contributed by atoms with Gasteiger partial charge in [-0.1, -0.05) is 82.7 Å². The van der Waals surface area contributed by atoms with Crippen LogP contribution in [0.1, 0.15) is 40.2 Å². The van der Waals surface area contributed by atoms with Gasteiger partial charge in [-0.05, 0) is 42.6 Å². The zero-order valence-electron chi connectivity index (χ0n) is 25.8. The molecule has 1 aromatic rings. The number of nitrogens with one attached hydrogen (secondary N) is 3. The number of hydrogen-bond donors (Lipinski definition) is 4. The third-order valence-electron chi connectivity index (χ3n) is 5.59. The lowest BCUT2D eigenvalue weighted by Gasteiger charge is -2.30. The molecule has 0 radical (unpaired) electrons. The van der Waals surface area contributed by atoms with E-state index in [1.807, 2.05) is 64.2 Å². The molecule has 2 aliphatic rings. The number of allylic oxidation sites excluding steroid dienone is 5. The minimum absolute atomic E-state index is 0.0420. The van der Waals surface area contributed by atoms with Crippen LogP contribution in [-0.4, -0.2) is 68.5 Å². The molecule has 0 spiro atoms. The van der Waals surface area contributed by atoms with Gasteiger partial charge in [0.15, 0.2) is 0 Å². The Morgan fingerprint density at radius 1 is 1.22 bits per heavy atom.